The van der Waals surface area contributed by atoms with Crippen molar-refractivity contribution in [2.45, 2.75) is 13.3 Å². The van der Waals surface area contributed by atoms with E-state index in [1.165, 1.54) is 6.92 Å². The zero-order chi connectivity index (χ0) is 12.3. The average molecular weight is 235 g/mol. The minimum Gasteiger partial charge on any atom is -0.506 e. The van der Waals surface area contributed by atoms with Gasteiger partial charge < -0.3 is 9.84 Å². The van der Waals surface area contributed by atoms with Crippen LogP contribution in [0.5, 0.6) is 5.75 Å². The van der Waals surface area contributed by atoms with E-state index >= 15 is 0 Å². The molecule has 1 rings (SSSR count). The van der Waals surface area contributed by atoms with Gasteiger partial charge in [-0.3, -0.25) is 0 Å². The number of esters is 1. The van der Waals surface area contributed by atoms with Crippen molar-refractivity contribution in [1.82, 2.24) is 4.98 Å². The molecule has 0 saturated heterocycles. The Morgan fingerprint density at radius 1 is 1.62 bits per heavy atom. The number of hydrogen-bond donors (Lipinski definition) is 1. The Labute approximate surface area is 88.7 Å². The normalized spacial score (nSPS) is 10.6. The van der Waals surface area contributed by atoms with Gasteiger partial charge in [0.1, 0.15) is 5.75 Å². The van der Waals surface area contributed by atoms with Gasteiger partial charge in [0.05, 0.1) is 18.4 Å². The van der Waals surface area contributed by atoms with Crippen LogP contribution < -0.4 is 0 Å². The molecule has 0 aromatic carbocycles. The molecule has 0 aliphatic carbocycles. The second kappa shape index (κ2) is 4.82. The lowest BCUT2D eigenvalue weighted by atomic mass is 10.2. The largest absolute Gasteiger partial charge is 0.506 e. The zero-order valence-electron chi connectivity index (χ0n) is 8.21. The fourth-order valence-electron chi connectivity index (χ4n) is 1.04. The molecular weight excluding hydrogens is 227 g/mol. The third kappa shape index (κ3) is 2.23. The number of ether oxygens (including phenoxy) is 1. The van der Waals surface area contributed by atoms with Crippen LogP contribution in [-0.4, -0.2) is 22.7 Å². The molecule has 0 radical (unpaired) electrons. The van der Waals surface area contributed by atoms with E-state index in [4.69, 9.17) is 5.11 Å². The van der Waals surface area contributed by atoms with E-state index in [1.54, 1.807) is 0 Å². The number of pyridine rings is 1. The van der Waals surface area contributed by atoms with Crippen LogP contribution in [0, 0.1) is 5.82 Å². The molecule has 0 aliphatic rings. The van der Waals surface area contributed by atoms with Gasteiger partial charge in [0.2, 0.25) is 0 Å². The molecule has 0 saturated carbocycles. The van der Waals surface area contributed by atoms with E-state index < -0.39 is 35.2 Å². The van der Waals surface area contributed by atoms with Crippen molar-refractivity contribution in [2.75, 3.05) is 6.61 Å². The maximum atomic E-state index is 13.4. The van der Waals surface area contributed by atoms with Gasteiger partial charge in [-0.2, -0.15) is 0 Å². The first-order valence-electron chi connectivity index (χ1n) is 4.31. The first-order valence-corrected chi connectivity index (χ1v) is 4.31. The van der Waals surface area contributed by atoms with Crippen LogP contribution in [0.4, 0.5) is 13.2 Å². The molecule has 0 fully saturated rings. The van der Waals surface area contributed by atoms with E-state index in [1.807, 2.05) is 0 Å². The second-order valence-electron chi connectivity index (χ2n) is 2.74. The predicted octanol–water partition coefficient (Wildman–Crippen LogP) is 2.04. The number of nitrogens with zero attached hydrogens (tertiary/aromatic N) is 1. The monoisotopic (exact) mass is 235 g/mol. The molecule has 1 N–H and O–H groups in total. The molecule has 1 heterocycles. The SMILES string of the molecule is CCOC(=O)c1ncc(O)c(C(F)F)c1F. The minimum atomic E-state index is -3.24. The van der Waals surface area contributed by atoms with Crippen molar-refractivity contribution in [1.29, 1.82) is 0 Å². The van der Waals surface area contributed by atoms with Crippen LogP contribution >= 0.6 is 0 Å². The summed E-state index contributed by atoms with van der Waals surface area (Å²) in [6, 6.07) is 0. The van der Waals surface area contributed by atoms with Gasteiger partial charge in [0, 0.05) is 0 Å². The minimum absolute atomic E-state index is 0.0369. The number of halogens is 3. The summed E-state index contributed by atoms with van der Waals surface area (Å²) in [5, 5.41) is 8.96. The molecule has 0 aliphatic heterocycles. The fourth-order valence-corrected chi connectivity index (χ4v) is 1.04. The van der Waals surface area contributed by atoms with Gasteiger partial charge in [0.15, 0.2) is 11.5 Å². The number of carbonyl (C=O) groups is 1. The molecule has 0 spiro atoms. The number of rotatable bonds is 3. The zero-order valence-corrected chi connectivity index (χ0v) is 8.21. The highest BCUT2D eigenvalue weighted by Gasteiger charge is 2.26. The van der Waals surface area contributed by atoms with Crippen LogP contribution in [0.2, 0.25) is 0 Å². The quantitative estimate of drug-likeness (QED) is 0.814. The lowest BCUT2D eigenvalue weighted by Gasteiger charge is -2.07. The highest BCUT2D eigenvalue weighted by molar-refractivity contribution is 5.88. The lowest BCUT2D eigenvalue weighted by Crippen LogP contribution is -2.11. The van der Waals surface area contributed by atoms with Crippen molar-refractivity contribution < 1.29 is 27.8 Å². The average Bonchev–Trinajstić information content (AvgIpc) is 2.17. The van der Waals surface area contributed by atoms with Crippen LogP contribution in [0.15, 0.2) is 6.20 Å². The molecule has 88 valence electrons. The predicted molar refractivity (Wildman–Crippen MR) is 46.8 cm³/mol. The second-order valence-corrected chi connectivity index (χ2v) is 2.74. The topological polar surface area (TPSA) is 59.4 Å². The molecular formula is C9H8F3NO3. The van der Waals surface area contributed by atoms with Crippen molar-refractivity contribution in [2.24, 2.45) is 0 Å². The number of aromatic nitrogens is 1. The molecule has 0 bridgehead atoms. The van der Waals surface area contributed by atoms with Crippen LogP contribution in [0.25, 0.3) is 0 Å². The van der Waals surface area contributed by atoms with Crippen LogP contribution in [0.3, 0.4) is 0 Å². The summed E-state index contributed by atoms with van der Waals surface area (Å²) in [6.45, 7) is 1.44. The number of hydrogen-bond acceptors (Lipinski definition) is 4. The van der Waals surface area contributed by atoms with Crippen LogP contribution in [0.1, 0.15) is 29.4 Å². The van der Waals surface area contributed by atoms with Gasteiger partial charge in [-0.15, -0.1) is 0 Å². The molecule has 0 atom stereocenters. The Balaban J connectivity index is 3.23. The molecule has 4 nitrogen and oxygen atoms in total. The van der Waals surface area contributed by atoms with Gasteiger partial charge in [-0.1, -0.05) is 0 Å². The summed E-state index contributed by atoms with van der Waals surface area (Å²) in [4.78, 5) is 14.3. The van der Waals surface area contributed by atoms with Gasteiger partial charge in [-0.25, -0.2) is 22.9 Å². The smallest absolute Gasteiger partial charge is 0.360 e. The number of carbonyl (C=O) groups excluding carboxylic acids is 1. The Bertz CT molecular complexity index is 409. The highest BCUT2D eigenvalue weighted by atomic mass is 19.3. The van der Waals surface area contributed by atoms with Crippen molar-refractivity contribution in [3.8, 4) is 5.75 Å². The summed E-state index contributed by atoms with van der Waals surface area (Å²) in [5.74, 6) is -3.71. The van der Waals surface area contributed by atoms with E-state index in [2.05, 4.69) is 9.72 Å². The molecule has 0 amide bonds. The van der Waals surface area contributed by atoms with Crippen molar-refractivity contribution in [3.05, 3.63) is 23.3 Å². The third-order valence-electron chi connectivity index (χ3n) is 1.72. The third-order valence-corrected chi connectivity index (χ3v) is 1.72. The first-order chi connectivity index (χ1) is 7.49. The fraction of sp³-hybridized carbons (Fsp3) is 0.333. The summed E-state index contributed by atoms with van der Waals surface area (Å²) in [7, 11) is 0. The van der Waals surface area contributed by atoms with E-state index in [0.717, 1.165) is 0 Å². The molecule has 1 aromatic rings. The number of alkyl halides is 2. The molecule has 7 heteroatoms. The van der Waals surface area contributed by atoms with Gasteiger partial charge >= 0.3 is 5.97 Å². The number of aromatic hydroxyl groups is 1. The standard InChI is InChI=1S/C9H8F3NO3/c1-2-16-9(15)7-6(10)5(8(11)12)4(14)3-13-7/h3,8,14H,2H2,1H3. The summed E-state index contributed by atoms with van der Waals surface area (Å²) >= 11 is 0. The molecule has 1 aromatic heterocycles. The summed E-state index contributed by atoms with van der Waals surface area (Å²) in [5.41, 5.74) is -2.12. The molecule has 16 heavy (non-hydrogen) atoms. The van der Waals surface area contributed by atoms with Gasteiger partial charge in [0.25, 0.3) is 6.43 Å². The Morgan fingerprint density at radius 3 is 2.75 bits per heavy atom. The Morgan fingerprint density at radius 2 is 2.25 bits per heavy atom. The molecule has 0 unspecified atom stereocenters. The maximum absolute atomic E-state index is 13.4. The van der Waals surface area contributed by atoms with E-state index in [9.17, 15) is 18.0 Å². The van der Waals surface area contributed by atoms with E-state index in [-0.39, 0.29) is 6.61 Å². The highest BCUT2D eigenvalue weighted by Crippen LogP contribution is 2.31. The van der Waals surface area contributed by atoms with Crippen molar-refractivity contribution >= 4 is 5.97 Å². The van der Waals surface area contributed by atoms with E-state index in [0.29, 0.717) is 6.20 Å². The van der Waals surface area contributed by atoms with Gasteiger partial charge in [-0.05, 0) is 6.92 Å². The Hall–Kier alpha value is -1.79. The van der Waals surface area contributed by atoms with Crippen LogP contribution in [-0.2, 0) is 4.74 Å². The Kier molecular flexibility index (Phi) is 3.70. The lowest BCUT2D eigenvalue weighted by molar-refractivity contribution is 0.0512. The first kappa shape index (κ1) is 12.3. The van der Waals surface area contributed by atoms with Crippen molar-refractivity contribution in [3.63, 3.8) is 0 Å². The summed E-state index contributed by atoms with van der Waals surface area (Å²) in [6.07, 6.45) is -2.66. The maximum Gasteiger partial charge on any atom is 0.360 e. The summed E-state index contributed by atoms with van der Waals surface area (Å²) < 4.78 is 42.4.